The van der Waals surface area contributed by atoms with Crippen molar-refractivity contribution in [2.45, 2.75) is 30.3 Å². The van der Waals surface area contributed by atoms with Crippen LogP contribution < -0.4 is 5.73 Å². The van der Waals surface area contributed by atoms with Gasteiger partial charge in [-0.25, -0.2) is 8.42 Å². The normalized spacial score (nSPS) is 24.3. The molecular weight excluding hydrogens is 272 g/mol. The fourth-order valence-corrected chi connectivity index (χ4v) is 4.73. The van der Waals surface area contributed by atoms with Crippen molar-refractivity contribution in [2.24, 2.45) is 5.73 Å². The molecule has 1 fully saturated rings. The zero-order valence-corrected chi connectivity index (χ0v) is 12.2. The first kappa shape index (κ1) is 13.5. The minimum atomic E-state index is -3.49. The average Bonchev–Trinajstić information content (AvgIpc) is 2.79. The van der Waals surface area contributed by atoms with E-state index in [9.17, 15) is 8.42 Å². The molecule has 2 N–H and O–H groups in total. The highest BCUT2D eigenvalue weighted by atomic mass is 32.2. The van der Waals surface area contributed by atoms with Gasteiger partial charge < -0.3 is 5.73 Å². The number of sulfonamides is 1. The van der Waals surface area contributed by atoms with Gasteiger partial charge in [-0.3, -0.25) is 0 Å². The second kappa shape index (κ2) is 4.84. The zero-order chi connectivity index (χ0) is 14.3. The predicted octanol–water partition coefficient (Wildman–Crippen LogP) is 1.95. The van der Waals surface area contributed by atoms with Gasteiger partial charge in [0.2, 0.25) is 10.0 Å². The van der Waals surface area contributed by atoms with E-state index in [1.165, 1.54) is 4.31 Å². The molecule has 106 valence electrons. The van der Waals surface area contributed by atoms with E-state index in [2.05, 4.69) is 0 Å². The summed E-state index contributed by atoms with van der Waals surface area (Å²) in [4.78, 5) is 0.372. The Morgan fingerprint density at radius 2 is 1.85 bits per heavy atom. The van der Waals surface area contributed by atoms with E-state index in [4.69, 9.17) is 5.73 Å². The third kappa shape index (κ3) is 2.02. The van der Waals surface area contributed by atoms with Crippen LogP contribution in [-0.4, -0.2) is 31.4 Å². The summed E-state index contributed by atoms with van der Waals surface area (Å²) in [5.74, 6) is 0. The minimum absolute atomic E-state index is 0.0836. The van der Waals surface area contributed by atoms with Crippen molar-refractivity contribution < 1.29 is 8.42 Å². The van der Waals surface area contributed by atoms with E-state index < -0.39 is 10.0 Å². The number of benzene rings is 2. The van der Waals surface area contributed by atoms with Gasteiger partial charge in [-0.2, -0.15) is 4.31 Å². The summed E-state index contributed by atoms with van der Waals surface area (Å²) in [5.41, 5.74) is 5.95. The van der Waals surface area contributed by atoms with Crippen LogP contribution in [0.3, 0.4) is 0 Å². The van der Waals surface area contributed by atoms with Crippen LogP contribution in [0.4, 0.5) is 0 Å². The van der Waals surface area contributed by atoms with E-state index in [1.54, 1.807) is 12.1 Å². The maximum Gasteiger partial charge on any atom is 0.243 e. The summed E-state index contributed by atoms with van der Waals surface area (Å²) >= 11 is 0. The Morgan fingerprint density at radius 3 is 2.55 bits per heavy atom. The molecule has 0 amide bonds. The van der Waals surface area contributed by atoms with Crippen molar-refractivity contribution in [1.29, 1.82) is 0 Å². The number of hydrogen-bond acceptors (Lipinski definition) is 3. The van der Waals surface area contributed by atoms with Crippen molar-refractivity contribution in [2.75, 3.05) is 6.54 Å². The smallest absolute Gasteiger partial charge is 0.243 e. The zero-order valence-electron chi connectivity index (χ0n) is 11.4. The Hall–Kier alpha value is -1.43. The third-order valence-electron chi connectivity index (χ3n) is 4.09. The van der Waals surface area contributed by atoms with Crippen LogP contribution in [0.25, 0.3) is 10.8 Å². The van der Waals surface area contributed by atoms with Gasteiger partial charge in [0.15, 0.2) is 0 Å². The molecule has 2 aromatic rings. The number of hydrogen-bond donors (Lipinski definition) is 1. The van der Waals surface area contributed by atoms with Crippen LogP contribution in [0, 0.1) is 0 Å². The maximum atomic E-state index is 12.9. The van der Waals surface area contributed by atoms with Gasteiger partial charge in [0.05, 0.1) is 4.90 Å². The molecule has 0 spiro atoms. The lowest BCUT2D eigenvalue weighted by Crippen LogP contribution is -2.40. The molecule has 0 radical (unpaired) electrons. The number of nitrogens with zero attached hydrogens (tertiary/aromatic N) is 1. The molecule has 3 rings (SSSR count). The topological polar surface area (TPSA) is 63.4 Å². The Labute approximate surface area is 119 Å². The van der Waals surface area contributed by atoms with Gasteiger partial charge in [-0.15, -0.1) is 0 Å². The molecule has 20 heavy (non-hydrogen) atoms. The van der Waals surface area contributed by atoms with Crippen LogP contribution in [0.2, 0.25) is 0 Å². The van der Waals surface area contributed by atoms with Gasteiger partial charge in [0.25, 0.3) is 0 Å². The first-order valence-corrected chi connectivity index (χ1v) is 8.21. The molecule has 0 bridgehead atoms. The molecular formula is C15H18N2O2S. The molecule has 1 saturated heterocycles. The molecule has 0 saturated carbocycles. The fourth-order valence-electron chi connectivity index (χ4n) is 2.82. The fraction of sp³-hybridized carbons (Fsp3) is 0.333. The highest BCUT2D eigenvalue weighted by molar-refractivity contribution is 7.89. The second-order valence-corrected chi connectivity index (χ2v) is 7.15. The summed E-state index contributed by atoms with van der Waals surface area (Å²) < 4.78 is 27.3. The molecule has 0 aliphatic carbocycles. The molecule has 0 aromatic heterocycles. The van der Waals surface area contributed by atoms with Crippen molar-refractivity contribution in [1.82, 2.24) is 4.31 Å². The van der Waals surface area contributed by atoms with Gasteiger partial charge >= 0.3 is 0 Å². The first-order valence-electron chi connectivity index (χ1n) is 6.77. The van der Waals surface area contributed by atoms with E-state index >= 15 is 0 Å². The number of rotatable bonds is 2. The third-order valence-corrected chi connectivity index (χ3v) is 6.14. The van der Waals surface area contributed by atoms with Crippen LogP contribution in [0.5, 0.6) is 0 Å². The van der Waals surface area contributed by atoms with Crippen LogP contribution in [0.15, 0.2) is 47.4 Å². The van der Waals surface area contributed by atoms with Gasteiger partial charge in [-0.1, -0.05) is 36.4 Å². The standard InChI is InChI=1S/C15H18N2O2S/c1-11-14(16)9-10-17(11)20(18,19)15-8-4-6-12-5-2-3-7-13(12)15/h2-8,11,14H,9-10,16H2,1H3. The van der Waals surface area contributed by atoms with Crippen LogP contribution in [-0.2, 0) is 10.0 Å². The lowest BCUT2D eigenvalue weighted by Gasteiger charge is -2.23. The molecule has 1 aliphatic rings. The summed E-state index contributed by atoms with van der Waals surface area (Å²) in [5, 5.41) is 1.70. The Morgan fingerprint density at radius 1 is 1.15 bits per heavy atom. The van der Waals surface area contributed by atoms with Crippen LogP contribution >= 0.6 is 0 Å². The predicted molar refractivity (Wildman–Crippen MR) is 79.9 cm³/mol. The molecule has 4 nitrogen and oxygen atoms in total. The lowest BCUT2D eigenvalue weighted by molar-refractivity contribution is 0.393. The van der Waals surface area contributed by atoms with E-state index in [1.807, 2.05) is 37.3 Å². The van der Waals surface area contributed by atoms with Crippen molar-refractivity contribution in [3.63, 3.8) is 0 Å². The molecule has 1 aliphatic heterocycles. The van der Waals surface area contributed by atoms with Gasteiger partial charge in [-0.05, 0) is 24.8 Å². The number of nitrogens with two attached hydrogens (primary N) is 1. The average molecular weight is 290 g/mol. The van der Waals surface area contributed by atoms with E-state index in [-0.39, 0.29) is 12.1 Å². The van der Waals surface area contributed by atoms with Crippen molar-refractivity contribution in [3.8, 4) is 0 Å². The SMILES string of the molecule is CC1C(N)CCN1S(=O)(=O)c1cccc2ccccc12. The second-order valence-electron chi connectivity index (χ2n) is 5.29. The number of fused-ring (bicyclic) bond motifs is 1. The summed E-state index contributed by atoms with van der Waals surface area (Å²) in [6.45, 7) is 2.37. The molecule has 1 heterocycles. The molecule has 5 heteroatoms. The Balaban J connectivity index is 2.15. The molecule has 2 unspecified atom stereocenters. The maximum absolute atomic E-state index is 12.9. The Bertz CT molecular complexity index is 737. The largest absolute Gasteiger partial charge is 0.326 e. The summed E-state index contributed by atoms with van der Waals surface area (Å²) in [6, 6.07) is 12.7. The molecule has 2 atom stereocenters. The van der Waals surface area contributed by atoms with Gasteiger partial charge in [0.1, 0.15) is 0 Å². The van der Waals surface area contributed by atoms with E-state index in [0.717, 1.165) is 10.8 Å². The highest BCUT2D eigenvalue weighted by Crippen LogP contribution is 2.29. The summed E-state index contributed by atoms with van der Waals surface area (Å²) in [6.07, 6.45) is 0.713. The van der Waals surface area contributed by atoms with Crippen molar-refractivity contribution >= 4 is 20.8 Å². The van der Waals surface area contributed by atoms with E-state index in [0.29, 0.717) is 17.9 Å². The monoisotopic (exact) mass is 290 g/mol. The first-order chi connectivity index (χ1) is 9.51. The Kier molecular flexibility index (Phi) is 3.28. The minimum Gasteiger partial charge on any atom is -0.326 e. The van der Waals surface area contributed by atoms with Crippen LogP contribution in [0.1, 0.15) is 13.3 Å². The quantitative estimate of drug-likeness (QED) is 0.919. The lowest BCUT2D eigenvalue weighted by atomic mass is 10.1. The highest BCUT2D eigenvalue weighted by Gasteiger charge is 2.37. The van der Waals surface area contributed by atoms with Crippen molar-refractivity contribution in [3.05, 3.63) is 42.5 Å². The summed E-state index contributed by atoms with van der Waals surface area (Å²) in [7, 11) is -3.49. The van der Waals surface area contributed by atoms with Gasteiger partial charge in [0, 0.05) is 24.0 Å². The molecule has 2 aromatic carbocycles.